The Morgan fingerprint density at radius 2 is 2.71 bits per heavy atom. The smallest absolute Gasteiger partial charge is 0.250 e. The molecule has 1 aliphatic heterocycles. The van der Waals surface area contributed by atoms with E-state index in [9.17, 15) is 4.79 Å². The standard InChI is InChI=1S/C5H4NO/c7-5-3-1-2-4-6-5/h2,4H,3H2. The van der Waals surface area contributed by atoms with Crippen molar-refractivity contribution in [2.45, 2.75) is 6.42 Å². The van der Waals surface area contributed by atoms with Gasteiger partial charge < -0.3 is 0 Å². The van der Waals surface area contributed by atoms with Crippen molar-refractivity contribution in [2.24, 2.45) is 4.99 Å². The summed E-state index contributed by atoms with van der Waals surface area (Å²) in [5.41, 5.74) is 0. The Hall–Kier alpha value is -0.920. The highest BCUT2D eigenvalue weighted by Crippen LogP contribution is 1.89. The highest BCUT2D eigenvalue weighted by molar-refractivity contribution is 5.91. The molecular formula is C5H4NO. The van der Waals surface area contributed by atoms with E-state index >= 15 is 0 Å². The van der Waals surface area contributed by atoms with E-state index in [0.717, 1.165) is 0 Å². The third-order valence-corrected chi connectivity index (χ3v) is 0.664. The van der Waals surface area contributed by atoms with Crippen molar-refractivity contribution in [3.63, 3.8) is 0 Å². The average molecular weight is 94.1 g/mol. The summed E-state index contributed by atoms with van der Waals surface area (Å²) in [6, 6.07) is 0. The van der Waals surface area contributed by atoms with E-state index in [1.54, 1.807) is 6.08 Å². The van der Waals surface area contributed by atoms with Crippen LogP contribution < -0.4 is 0 Å². The summed E-state index contributed by atoms with van der Waals surface area (Å²) in [7, 11) is 0. The Kier molecular flexibility index (Phi) is 1.02. The third kappa shape index (κ3) is 0.961. The van der Waals surface area contributed by atoms with Crippen molar-refractivity contribution >= 4 is 12.1 Å². The molecule has 0 saturated carbocycles. The van der Waals surface area contributed by atoms with E-state index in [1.165, 1.54) is 6.21 Å². The van der Waals surface area contributed by atoms with Crippen LogP contribution in [0, 0.1) is 6.08 Å². The van der Waals surface area contributed by atoms with Gasteiger partial charge in [0.1, 0.15) is 0 Å². The fourth-order valence-corrected chi connectivity index (χ4v) is 0.365. The zero-order chi connectivity index (χ0) is 5.11. The van der Waals surface area contributed by atoms with Gasteiger partial charge >= 0.3 is 0 Å². The van der Waals surface area contributed by atoms with Gasteiger partial charge in [-0.15, -0.1) is 0 Å². The van der Waals surface area contributed by atoms with E-state index < -0.39 is 0 Å². The van der Waals surface area contributed by atoms with E-state index in [-0.39, 0.29) is 5.91 Å². The number of hydrogen-bond acceptors (Lipinski definition) is 1. The first-order valence-electron chi connectivity index (χ1n) is 2.02. The Balaban J connectivity index is 2.66. The maximum atomic E-state index is 10.2. The van der Waals surface area contributed by atoms with Crippen LogP contribution in [0.2, 0.25) is 0 Å². The molecular weight excluding hydrogens is 90.1 g/mol. The van der Waals surface area contributed by atoms with E-state index in [4.69, 9.17) is 0 Å². The Morgan fingerprint density at radius 1 is 1.86 bits per heavy atom. The van der Waals surface area contributed by atoms with Gasteiger partial charge in [0.2, 0.25) is 5.91 Å². The molecule has 2 heteroatoms. The summed E-state index contributed by atoms with van der Waals surface area (Å²) >= 11 is 0. The molecule has 0 bridgehead atoms. The van der Waals surface area contributed by atoms with Gasteiger partial charge in [0.25, 0.3) is 0 Å². The first-order valence-corrected chi connectivity index (χ1v) is 2.02. The maximum absolute atomic E-state index is 10.2. The first-order chi connectivity index (χ1) is 3.39. The van der Waals surface area contributed by atoms with Crippen LogP contribution in [0.3, 0.4) is 0 Å². The molecule has 0 aromatic carbocycles. The highest BCUT2D eigenvalue weighted by atomic mass is 16.1. The lowest BCUT2D eigenvalue weighted by Crippen LogP contribution is -1.93. The molecule has 1 amide bonds. The van der Waals surface area contributed by atoms with Crippen LogP contribution in [0.5, 0.6) is 0 Å². The van der Waals surface area contributed by atoms with Crippen molar-refractivity contribution in [1.82, 2.24) is 0 Å². The molecule has 1 heterocycles. The largest absolute Gasteiger partial charge is 0.272 e. The van der Waals surface area contributed by atoms with Gasteiger partial charge in [0.15, 0.2) is 0 Å². The fourth-order valence-electron chi connectivity index (χ4n) is 0.365. The zero-order valence-corrected chi connectivity index (χ0v) is 3.72. The number of carbonyl (C=O) groups is 1. The molecule has 7 heavy (non-hydrogen) atoms. The number of hydrogen-bond donors (Lipinski definition) is 0. The number of allylic oxidation sites excluding steroid dienone is 1. The van der Waals surface area contributed by atoms with Gasteiger partial charge in [0.05, 0.1) is 6.42 Å². The quantitative estimate of drug-likeness (QED) is 0.425. The summed E-state index contributed by atoms with van der Waals surface area (Å²) in [5, 5.41) is 0. The molecule has 0 fully saturated rings. The molecule has 0 aromatic rings. The van der Waals surface area contributed by atoms with E-state index in [1.807, 2.05) is 0 Å². The Labute approximate surface area is 41.6 Å². The maximum Gasteiger partial charge on any atom is 0.250 e. The minimum Gasteiger partial charge on any atom is -0.272 e. The van der Waals surface area contributed by atoms with Gasteiger partial charge in [-0.3, -0.25) is 4.79 Å². The van der Waals surface area contributed by atoms with Gasteiger partial charge in [-0.2, -0.15) is 0 Å². The number of aliphatic imine (C=N–C) groups is 1. The van der Waals surface area contributed by atoms with Crippen LogP contribution in [-0.2, 0) is 4.79 Å². The molecule has 0 aliphatic carbocycles. The molecule has 1 radical (unpaired) electrons. The molecule has 0 spiro atoms. The summed E-state index contributed by atoms with van der Waals surface area (Å²) < 4.78 is 0. The Bertz CT molecular complexity index is 135. The second kappa shape index (κ2) is 1.69. The Morgan fingerprint density at radius 3 is 3.00 bits per heavy atom. The molecule has 1 rings (SSSR count). The predicted molar refractivity (Wildman–Crippen MR) is 25.9 cm³/mol. The molecule has 0 unspecified atom stereocenters. The summed E-state index contributed by atoms with van der Waals surface area (Å²) in [5.74, 6) is -0.109. The van der Waals surface area contributed by atoms with E-state index in [2.05, 4.69) is 11.1 Å². The lowest BCUT2D eigenvalue weighted by Gasteiger charge is -1.87. The number of rotatable bonds is 0. The minimum atomic E-state index is -0.109. The molecule has 35 valence electrons. The number of dihydropyridines is 1. The van der Waals surface area contributed by atoms with Crippen LogP contribution in [0.25, 0.3) is 0 Å². The predicted octanol–water partition coefficient (Wildman–Crippen LogP) is 0.347. The van der Waals surface area contributed by atoms with Crippen molar-refractivity contribution in [3.05, 3.63) is 12.2 Å². The molecule has 1 aliphatic rings. The zero-order valence-electron chi connectivity index (χ0n) is 3.72. The van der Waals surface area contributed by atoms with Crippen molar-refractivity contribution in [3.8, 4) is 0 Å². The minimum absolute atomic E-state index is 0.109. The monoisotopic (exact) mass is 94.0 g/mol. The lowest BCUT2D eigenvalue weighted by atomic mass is 10.3. The van der Waals surface area contributed by atoms with Gasteiger partial charge in [0, 0.05) is 6.21 Å². The summed E-state index contributed by atoms with van der Waals surface area (Å²) in [4.78, 5) is 13.6. The SMILES string of the molecule is O=C1C[C]=CC=N1. The topological polar surface area (TPSA) is 29.4 Å². The average Bonchev–Trinajstić information content (AvgIpc) is 1.69. The highest BCUT2D eigenvalue weighted by Gasteiger charge is 1.94. The molecule has 0 N–H and O–H groups in total. The van der Waals surface area contributed by atoms with Crippen LogP contribution >= 0.6 is 0 Å². The second-order valence-corrected chi connectivity index (χ2v) is 1.22. The lowest BCUT2D eigenvalue weighted by molar-refractivity contribution is -0.117. The van der Waals surface area contributed by atoms with Crippen LogP contribution in [0.4, 0.5) is 0 Å². The normalized spacial score (nSPS) is 18.0. The number of carbonyl (C=O) groups excluding carboxylic acids is 1. The second-order valence-electron chi connectivity index (χ2n) is 1.22. The van der Waals surface area contributed by atoms with Crippen LogP contribution in [0.15, 0.2) is 11.1 Å². The third-order valence-electron chi connectivity index (χ3n) is 0.664. The number of nitrogens with zero attached hydrogens (tertiary/aromatic N) is 1. The molecule has 0 aromatic heterocycles. The first kappa shape index (κ1) is 4.24. The summed E-state index contributed by atoms with van der Waals surface area (Å²) in [6.07, 6.45) is 6.14. The van der Waals surface area contributed by atoms with Crippen LogP contribution in [-0.4, -0.2) is 12.1 Å². The molecule has 0 atom stereocenters. The van der Waals surface area contributed by atoms with Gasteiger partial charge in [-0.25, -0.2) is 4.99 Å². The fraction of sp³-hybridized carbons (Fsp3) is 0.200. The van der Waals surface area contributed by atoms with Crippen LogP contribution in [0.1, 0.15) is 6.42 Å². The van der Waals surface area contributed by atoms with Crippen molar-refractivity contribution in [2.75, 3.05) is 0 Å². The number of amides is 1. The van der Waals surface area contributed by atoms with E-state index in [0.29, 0.717) is 6.42 Å². The van der Waals surface area contributed by atoms with Crippen molar-refractivity contribution in [1.29, 1.82) is 0 Å². The van der Waals surface area contributed by atoms with Gasteiger partial charge in [-0.1, -0.05) is 0 Å². The molecule has 2 nitrogen and oxygen atoms in total. The molecule has 0 saturated heterocycles. The van der Waals surface area contributed by atoms with Gasteiger partial charge in [-0.05, 0) is 12.2 Å². The van der Waals surface area contributed by atoms with Crippen molar-refractivity contribution < 1.29 is 4.79 Å². The summed E-state index contributed by atoms with van der Waals surface area (Å²) in [6.45, 7) is 0.